The van der Waals surface area contributed by atoms with E-state index in [-0.39, 0.29) is 16.5 Å². The Hall–Kier alpha value is -2.19. The normalized spacial score (nSPS) is 11.0. The minimum atomic E-state index is -0.660. The number of hydrogen-bond acceptors (Lipinski definition) is 6. The first kappa shape index (κ1) is 14.7. The Morgan fingerprint density at radius 3 is 2.73 bits per heavy atom. The molecular formula is C14H11F2N3O2S. The Bertz CT molecular complexity index is 768. The standard InChI is InChI=1S/C14H11F2N3O2S/c1-20-6-5-11-18-13(21-19-11)10-7-22-14(17-10)12-8(15)3-2-4-9(12)16/h2-4,7H,5-6H2,1H3. The molecule has 3 aromatic rings. The van der Waals surface area contributed by atoms with Gasteiger partial charge in [0, 0.05) is 18.9 Å². The summed E-state index contributed by atoms with van der Waals surface area (Å²) in [4.78, 5) is 8.35. The Kier molecular flexibility index (Phi) is 4.21. The molecule has 0 bridgehead atoms. The Morgan fingerprint density at radius 2 is 2.00 bits per heavy atom. The molecule has 0 fully saturated rings. The molecule has 1 aromatic carbocycles. The van der Waals surface area contributed by atoms with Crippen LogP contribution in [0.25, 0.3) is 22.2 Å². The van der Waals surface area contributed by atoms with E-state index in [1.807, 2.05) is 0 Å². The highest BCUT2D eigenvalue weighted by atomic mass is 32.1. The van der Waals surface area contributed by atoms with Crippen molar-refractivity contribution in [2.75, 3.05) is 13.7 Å². The highest BCUT2D eigenvalue weighted by Crippen LogP contribution is 2.31. The Balaban J connectivity index is 1.89. The van der Waals surface area contributed by atoms with Crippen LogP contribution in [0.2, 0.25) is 0 Å². The van der Waals surface area contributed by atoms with E-state index in [2.05, 4.69) is 15.1 Å². The SMILES string of the molecule is COCCc1noc(-c2csc(-c3c(F)cccc3F)n2)n1. The monoisotopic (exact) mass is 323 g/mol. The number of rotatable bonds is 5. The van der Waals surface area contributed by atoms with E-state index in [0.717, 1.165) is 11.3 Å². The van der Waals surface area contributed by atoms with Gasteiger partial charge in [0.05, 0.1) is 12.2 Å². The van der Waals surface area contributed by atoms with E-state index in [4.69, 9.17) is 9.26 Å². The average molecular weight is 323 g/mol. The number of hydrogen-bond donors (Lipinski definition) is 0. The smallest absolute Gasteiger partial charge is 0.277 e. The van der Waals surface area contributed by atoms with Crippen LogP contribution in [0.3, 0.4) is 0 Å². The molecule has 0 aliphatic rings. The van der Waals surface area contributed by atoms with E-state index in [0.29, 0.717) is 24.5 Å². The van der Waals surface area contributed by atoms with Gasteiger partial charge in [0.1, 0.15) is 22.3 Å². The van der Waals surface area contributed by atoms with Gasteiger partial charge in [0.15, 0.2) is 5.82 Å². The first-order valence-electron chi connectivity index (χ1n) is 6.41. The first-order valence-corrected chi connectivity index (χ1v) is 7.29. The molecule has 0 spiro atoms. The van der Waals surface area contributed by atoms with Crippen LogP contribution in [0.15, 0.2) is 28.1 Å². The molecule has 2 heterocycles. The van der Waals surface area contributed by atoms with Crippen LogP contribution in [0.5, 0.6) is 0 Å². The lowest BCUT2D eigenvalue weighted by Crippen LogP contribution is -1.96. The number of aromatic nitrogens is 3. The van der Waals surface area contributed by atoms with Crippen molar-refractivity contribution < 1.29 is 18.0 Å². The summed E-state index contributed by atoms with van der Waals surface area (Å²) < 4.78 is 37.5. The van der Waals surface area contributed by atoms with E-state index < -0.39 is 11.6 Å². The summed E-state index contributed by atoms with van der Waals surface area (Å²) in [7, 11) is 1.58. The second-order valence-corrected chi connectivity index (χ2v) is 5.25. The van der Waals surface area contributed by atoms with Crippen molar-refractivity contribution in [3.05, 3.63) is 41.0 Å². The lowest BCUT2D eigenvalue weighted by atomic mass is 10.2. The summed E-state index contributed by atoms with van der Waals surface area (Å²) in [6.07, 6.45) is 0.513. The largest absolute Gasteiger partial charge is 0.384 e. The summed E-state index contributed by atoms with van der Waals surface area (Å²) in [5.74, 6) is -0.617. The molecule has 0 amide bonds. The second-order valence-electron chi connectivity index (χ2n) is 4.39. The lowest BCUT2D eigenvalue weighted by Gasteiger charge is -1.99. The van der Waals surface area contributed by atoms with E-state index in [9.17, 15) is 8.78 Å². The van der Waals surface area contributed by atoms with Crippen LogP contribution in [0.1, 0.15) is 5.82 Å². The summed E-state index contributed by atoms with van der Waals surface area (Å²) in [6, 6.07) is 3.69. The molecule has 0 radical (unpaired) electrons. The van der Waals surface area contributed by atoms with Crippen molar-refractivity contribution in [1.29, 1.82) is 0 Å². The third kappa shape index (κ3) is 2.88. The van der Waals surface area contributed by atoms with Gasteiger partial charge in [-0.05, 0) is 12.1 Å². The van der Waals surface area contributed by atoms with E-state index in [1.165, 1.54) is 18.2 Å². The van der Waals surface area contributed by atoms with Gasteiger partial charge >= 0.3 is 0 Å². The predicted octanol–water partition coefficient (Wildman–Crippen LogP) is 3.33. The van der Waals surface area contributed by atoms with Gasteiger partial charge in [-0.15, -0.1) is 11.3 Å². The van der Waals surface area contributed by atoms with Crippen molar-refractivity contribution >= 4 is 11.3 Å². The average Bonchev–Trinajstić information content (AvgIpc) is 3.14. The molecule has 5 nitrogen and oxygen atoms in total. The minimum Gasteiger partial charge on any atom is -0.384 e. The van der Waals surface area contributed by atoms with Crippen molar-refractivity contribution in [2.24, 2.45) is 0 Å². The maximum Gasteiger partial charge on any atom is 0.277 e. The zero-order valence-corrected chi connectivity index (χ0v) is 12.4. The molecule has 2 aromatic heterocycles. The molecule has 0 N–H and O–H groups in total. The van der Waals surface area contributed by atoms with Gasteiger partial charge in [-0.3, -0.25) is 0 Å². The highest BCUT2D eigenvalue weighted by molar-refractivity contribution is 7.13. The predicted molar refractivity (Wildman–Crippen MR) is 76.3 cm³/mol. The van der Waals surface area contributed by atoms with Crippen molar-refractivity contribution in [1.82, 2.24) is 15.1 Å². The summed E-state index contributed by atoms with van der Waals surface area (Å²) in [5, 5.41) is 5.64. The van der Waals surface area contributed by atoms with Crippen molar-refractivity contribution in [2.45, 2.75) is 6.42 Å². The topological polar surface area (TPSA) is 61.0 Å². The molecule has 0 atom stereocenters. The molecular weight excluding hydrogens is 312 g/mol. The van der Waals surface area contributed by atoms with Crippen molar-refractivity contribution in [3.8, 4) is 22.2 Å². The van der Waals surface area contributed by atoms with Crippen LogP contribution >= 0.6 is 11.3 Å². The highest BCUT2D eigenvalue weighted by Gasteiger charge is 2.18. The number of ether oxygens (including phenoxy) is 1. The van der Waals surface area contributed by atoms with Gasteiger partial charge in [0.2, 0.25) is 0 Å². The van der Waals surface area contributed by atoms with Gasteiger partial charge < -0.3 is 9.26 Å². The number of thiazole rings is 1. The van der Waals surface area contributed by atoms with Crippen LogP contribution in [-0.2, 0) is 11.2 Å². The fourth-order valence-corrected chi connectivity index (χ4v) is 2.68. The molecule has 0 unspecified atom stereocenters. The third-order valence-corrected chi connectivity index (χ3v) is 3.76. The number of methoxy groups -OCH3 is 1. The minimum absolute atomic E-state index is 0.155. The third-order valence-electron chi connectivity index (χ3n) is 2.90. The molecule has 0 aliphatic carbocycles. The zero-order valence-electron chi connectivity index (χ0n) is 11.5. The molecule has 0 saturated heterocycles. The van der Waals surface area contributed by atoms with Crippen LogP contribution < -0.4 is 0 Å². The summed E-state index contributed by atoms with van der Waals surface area (Å²) in [6.45, 7) is 0.474. The van der Waals surface area contributed by atoms with Crippen LogP contribution in [0.4, 0.5) is 8.78 Å². The molecule has 22 heavy (non-hydrogen) atoms. The van der Waals surface area contributed by atoms with Crippen molar-refractivity contribution in [3.63, 3.8) is 0 Å². The number of halogens is 2. The first-order chi connectivity index (χ1) is 10.7. The lowest BCUT2D eigenvalue weighted by molar-refractivity contribution is 0.199. The van der Waals surface area contributed by atoms with Gasteiger partial charge in [-0.25, -0.2) is 13.8 Å². The van der Waals surface area contributed by atoms with E-state index in [1.54, 1.807) is 12.5 Å². The van der Waals surface area contributed by atoms with E-state index >= 15 is 0 Å². The molecule has 3 rings (SSSR count). The van der Waals surface area contributed by atoms with Gasteiger partial charge in [-0.1, -0.05) is 11.2 Å². The Morgan fingerprint density at radius 1 is 1.23 bits per heavy atom. The molecule has 114 valence electrons. The summed E-state index contributed by atoms with van der Waals surface area (Å²) in [5.41, 5.74) is 0.233. The molecule has 8 heteroatoms. The quantitative estimate of drug-likeness (QED) is 0.721. The number of benzene rings is 1. The van der Waals surface area contributed by atoms with Crippen LogP contribution in [0, 0.1) is 11.6 Å². The fourth-order valence-electron chi connectivity index (χ4n) is 1.84. The Labute approximate surface area is 128 Å². The maximum absolute atomic E-state index is 13.8. The van der Waals surface area contributed by atoms with Crippen LogP contribution in [-0.4, -0.2) is 28.8 Å². The maximum atomic E-state index is 13.8. The number of nitrogens with zero attached hydrogens (tertiary/aromatic N) is 3. The van der Waals surface area contributed by atoms with Gasteiger partial charge in [0.25, 0.3) is 5.89 Å². The molecule has 0 saturated carbocycles. The summed E-state index contributed by atoms with van der Waals surface area (Å²) >= 11 is 1.11. The second kappa shape index (κ2) is 6.29. The van der Waals surface area contributed by atoms with Gasteiger partial charge in [-0.2, -0.15) is 4.98 Å². The molecule has 0 aliphatic heterocycles. The fraction of sp³-hybridized carbons (Fsp3) is 0.214. The zero-order chi connectivity index (χ0) is 15.5.